The minimum Gasteiger partial charge on any atom is -0.487 e. The third-order valence-corrected chi connectivity index (χ3v) is 9.61. The molecule has 0 atom stereocenters. The van der Waals surface area contributed by atoms with Crippen molar-refractivity contribution in [3.63, 3.8) is 0 Å². The van der Waals surface area contributed by atoms with Crippen LogP contribution in [0.15, 0.2) is 100 Å². The molecular weight excluding hydrogens is 600 g/mol. The van der Waals surface area contributed by atoms with Gasteiger partial charge in [0.15, 0.2) is 11.3 Å². The summed E-state index contributed by atoms with van der Waals surface area (Å²) in [4.78, 5) is 16.0. The Morgan fingerprint density at radius 1 is 0.886 bits per heavy atom. The highest BCUT2D eigenvalue weighted by molar-refractivity contribution is 7.93. The van der Waals surface area contributed by atoms with Gasteiger partial charge in [-0.25, -0.2) is 8.42 Å². The van der Waals surface area contributed by atoms with E-state index in [1.54, 1.807) is 30.3 Å². The monoisotopic (exact) mass is 630 g/mol. The van der Waals surface area contributed by atoms with Gasteiger partial charge in [0, 0.05) is 31.9 Å². The summed E-state index contributed by atoms with van der Waals surface area (Å²) in [6.07, 6.45) is 0.478. The van der Waals surface area contributed by atoms with Gasteiger partial charge >= 0.3 is 0 Å². The summed E-state index contributed by atoms with van der Waals surface area (Å²) in [6, 6.07) is 27.8. The van der Waals surface area contributed by atoms with Gasteiger partial charge in [-0.2, -0.15) is 0 Å². The van der Waals surface area contributed by atoms with E-state index < -0.39 is 15.5 Å². The summed E-state index contributed by atoms with van der Waals surface area (Å²) in [5.41, 5.74) is 3.05. The Hall–Kier alpha value is -4.47. The van der Waals surface area contributed by atoms with Gasteiger partial charge in [-0.3, -0.25) is 9.10 Å². The van der Waals surface area contributed by atoms with Gasteiger partial charge in [0.1, 0.15) is 19.0 Å². The van der Waals surface area contributed by atoms with Crippen LogP contribution in [-0.2, 0) is 23.2 Å². The molecule has 10 heteroatoms. The Kier molecular flexibility index (Phi) is 8.25. The van der Waals surface area contributed by atoms with Crippen LogP contribution in [0.5, 0.6) is 11.5 Å². The van der Waals surface area contributed by atoms with Crippen molar-refractivity contribution < 1.29 is 22.3 Å². The largest absolute Gasteiger partial charge is 0.487 e. The summed E-state index contributed by atoms with van der Waals surface area (Å²) < 4.78 is 46.0. The fourth-order valence-corrected chi connectivity index (χ4v) is 6.94. The molecule has 226 valence electrons. The van der Waals surface area contributed by atoms with Crippen molar-refractivity contribution >= 4 is 44.0 Å². The number of ether oxygens (including phenoxy) is 2. The molecule has 0 N–H and O–H groups in total. The van der Waals surface area contributed by atoms with Gasteiger partial charge < -0.3 is 18.8 Å². The second-order valence-corrected chi connectivity index (χ2v) is 13.2. The fraction of sp³-hybridized carbons (Fsp3) is 0.206. The molecule has 1 aromatic heterocycles. The van der Waals surface area contributed by atoms with Crippen LogP contribution in [0.25, 0.3) is 22.3 Å². The third kappa shape index (κ3) is 5.98. The molecular formula is C34H31ClN2O6S. The van der Waals surface area contributed by atoms with E-state index in [-0.39, 0.29) is 34.8 Å². The maximum Gasteiger partial charge on any atom is 0.235 e. The number of benzene rings is 4. The second kappa shape index (κ2) is 12.3. The van der Waals surface area contributed by atoms with Crippen molar-refractivity contribution in [2.75, 3.05) is 35.6 Å². The number of hydrogen-bond acceptors (Lipinski definition) is 7. The average molecular weight is 631 g/mol. The lowest BCUT2D eigenvalue weighted by atomic mass is 10.1. The number of fused-ring (bicyclic) bond motifs is 1. The van der Waals surface area contributed by atoms with E-state index in [4.69, 9.17) is 25.5 Å². The van der Waals surface area contributed by atoms with Crippen LogP contribution in [0.4, 0.5) is 11.4 Å². The quantitative estimate of drug-likeness (QED) is 0.175. The number of rotatable bonds is 9. The lowest BCUT2D eigenvalue weighted by Gasteiger charge is -2.22. The molecule has 0 radical (unpaired) electrons. The highest BCUT2D eigenvalue weighted by Gasteiger charge is 2.32. The molecule has 0 aliphatic carbocycles. The summed E-state index contributed by atoms with van der Waals surface area (Å²) in [5.74, 6) is 0.636. The standard InChI is InChI=1S/C34H31ClN2O6S/c1-36(2)26-19-27-31(38)34(42-22-24-12-7-4-8-13-24)32(43-33(27)29(20-26)37-16-9-17-44(37,39)40)25-14-15-30(28(35)18-25)41-21-23-10-5-3-6-11-23/h3-8,10-15,18-20H,9,16-17,21-22H2,1-2H3. The van der Waals surface area contributed by atoms with Crippen molar-refractivity contribution in [3.05, 3.63) is 117 Å². The van der Waals surface area contributed by atoms with Crippen molar-refractivity contribution in [1.82, 2.24) is 0 Å². The zero-order valence-electron chi connectivity index (χ0n) is 24.3. The average Bonchev–Trinajstić information content (AvgIpc) is 3.38. The Morgan fingerprint density at radius 2 is 1.55 bits per heavy atom. The molecule has 0 unspecified atom stereocenters. The molecule has 0 bridgehead atoms. The first-order chi connectivity index (χ1) is 21.2. The highest BCUT2D eigenvalue weighted by atomic mass is 35.5. The summed E-state index contributed by atoms with van der Waals surface area (Å²) in [7, 11) is 0.0795. The van der Waals surface area contributed by atoms with Crippen molar-refractivity contribution in [2.45, 2.75) is 19.6 Å². The molecule has 2 heterocycles. The van der Waals surface area contributed by atoms with Gasteiger partial charge in [0.05, 0.1) is 21.8 Å². The molecule has 1 saturated heterocycles. The molecule has 8 nitrogen and oxygen atoms in total. The van der Waals surface area contributed by atoms with Crippen LogP contribution in [0.1, 0.15) is 17.5 Å². The maximum absolute atomic E-state index is 14.2. The molecule has 0 spiro atoms. The Labute approximate surface area is 261 Å². The zero-order valence-corrected chi connectivity index (χ0v) is 25.9. The molecule has 6 rings (SSSR count). The molecule has 0 amide bonds. The van der Waals surface area contributed by atoms with E-state index >= 15 is 0 Å². The fourth-order valence-electron chi connectivity index (χ4n) is 5.15. The van der Waals surface area contributed by atoms with Crippen LogP contribution in [0, 0.1) is 0 Å². The van der Waals surface area contributed by atoms with Crippen LogP contribution in [0.3, 0.4) is 0 Å². The number of nitrogens with zero attached hydrogens (tertiary/aromatic N) is 2. The van der Waals surface area contributed by atoms with Crippen LogP contribution in [0.2, 0.25) is 5.02 Å². The highest BCUT2D eigenvalue weighted by Crippen LogP contribution is 2.41. The van der Waals surface area contributed by atoms with Crippen molar-refractivity contribution in [1.29, 1.82) is 0 Å². The first-order valence-corrected chi connectivity index (χ1v) is 16.2. The lowest BCUT2D eigenvalue weighted by molar-refractivity contribution is 0.297. The molecule has 44 heavy (non-hydrogen) atoms. The molecule has 0 saturated carbocycles. The normalized spacial score (nSPS) is 14.1. The van der Waals surface area contributed by atoms with Crippen LogP contribution < -0.4 is 24.1 Å². The van der Waals surface area contributed by atoms with Gasteiger partial charge in [-0.1, -0.05) is 72.3 Å². The van der Waals surface area contributed by atoms with E-state index in [0.29, 0.717) is 47.3 Å². The van der Waals surface area contributed by atoms with Gasteiger partial charge in [0.2, 0.25) is 21.2 Å². The van der Waals surface area contributed by atoms with Crippen molar-refractivity contribution in [3.8, 4) is 22.8 Å². The van der Waals surface area contributed by atoms with E-state index in [2.05, 4.69) is 0 Å². The SMILES string of the molecule is CN(C)c1cc(N2CCCS2(=O)=O)c2oc(-c3ccc(OCc4ccccc4)c(Cl)c3)c(OCc3ccccc3)c(=O)c2c1. The third-order valence-electron chi connectivity index (χ3n) is 7.46. The second-order valence-electron chi connectivity index (χ2n) is 10.8. The first-order valence-electron chi connectivity index (χ1n) is 14.2. The molecule has 4 aromatic carbocycles. The number of hydrogen-bond donors (Lipinski definition) is 0. The Balaban J connectivity index is 1.50. The summed E-state index contributed by atoms with van der Waals surface area (Å²) in [5, 5.41) is 0.537. The van der Waals surface area contributed by atoms with E-state index in [0.717, 1.165) is 11.1 Å². The zero-order chi connectivity index (χ0) is 30.8. The number of anilines is 2. The van der Waals surface area contributed by atoms with E-state index in [1.165, 1.54) is 4.31 Å². The van der Waals surface area contributed by atoms with Crippen LogP contribution >= 0.6 is 11.6 Å². The minimum atomic E-state index is -3.58. The Morgan fingerprint density at radius 3 is 2.14 bits per heavy atom. The Bertz CT molecular complexity index is 1980. The van der Waals surface area contributed by atoms with Crippen molar-refractivity contribution in [2.24, 2.45) is 0 Å². The summed E-state index contributed by atoms with van der Waals surface area (Å²) in [6.45, 7) is 0.744. The topological polar surface area (TPSA) is 89.3 Å². The smallest absolute Gasteiger partial charge is 0.235 e. The van der Waals surface area contributed by atoms with Gasteiger partial charge in [0.25, 0.3) is 0 Å². The first kappa shape index (κ1) is 29.6. The predicted molar refractivity (Wildman–Crippen MR) is 175 cm³/mol. The van der Waals surface area contributed by atoms with E-state index in [1.807, 2.05) is 79.7 Å². The maximum atomic E-state index is 14.2. The van der Waals surface area contributed by atoms with Crippen LogP contribution in [-0.4, -0.2) is 34.8 Å². The minimum absolute atomic E-state index is 0.00140. The molecule has 1 aliphatic heterocycles. The summed E-state index contributed by atoms with van der Waals surface area (Å²) >= 11 is 6.68. The molecule has 5 aromatic rings. The van der Waals surface area contributed by atoms with Gasteiger partial charge in [-0.05, 0) is 47.9 Å². The number of halogens is 1. The van der Waals surface area contributed by atoms with E-state index in [9.17, 15) is 13.2 Å². The van der Waals surface area contributed by atoms with Gasteiger partial charge in [-0.15, -0.1) is 0 Å². The predicted octanol–water partition coefficient (Wildman–Crippen LogP) is 6.88. The molecule has 1 fully saturated rings. The lowest BCUT2D eigenvalue weighted by Crippen LogP contribution is -2.26. The molecule has 1 aliphatic rings. The number of sulfonamides is 1.